The van der Waals surface area contributed by atoms with Gasteiger partial charge in [-0.1, -0.05) is 35.0 Å². The van der Waals surface area contributed by atoms with E-state index in [1.165, 1.54) is 17.5 Å². The molecule has 1 aromatic heterocycles. The van der Waals surface area contributed by atoms with Crippen molar-refractivity contribution in [2.24, 2.45) is 0 Å². The monoisotopic (exact) mass is 363 g/mol. The molecule has 0 aliphatic carbocycles. The summed E-state index contributed by atoms with van der Waals surface area (Å²) < 4.78 is 11.0. The molecule has 1 atom stereocenters. The Morgan fingerprint density at radius 3 is 2.63 bits per heavy atom. The molecule has 1 saturated heterocycles. The van der Waals surface area contributed by atoms with Gasteiger partial charge in [-0.3, -0.25) is 4.90 Å². The molecule has 4 rings (SSSR count). The van der Waals surface area contributed by atoms with Crippen LogP contribution in [0.5, 0.6) is 5.75 Å². The summed E-state index contributed by atoms with van der Waals surface area (Å²) in [6, 6.07) is 17.0. The van der Waals surface area contributed by atoms with Gasteiger partial charge in [-0.15, -0.1) is 0 Å². The molecule has 2 heterocycles. The molecule has 3 aromatic rings. The maximum atomic E-state index is 5.55. The highest BCUT2D eigenvalue weighted by atomic mass is 16.5. The lowest BCUT2D eigenvalue weighted by molar-refractivity contribution is 0.238. The van der Waals surface area contributed by atoms with Gasteiger partial charge in [0.15, 0.2) is 5.82 Å². The molecular formula is C22H25N3O2. The molecule has 1 aliphatic rings. The first-order chi connectivity index (χ1) is 13.2. The van der Waals surface area contributed by atoms with E-state index in [1.54, 1.807) is 0 Å². The number of likely N-dealkylation sites (tertiary alicyclic amines) is 1. The number of hydrogen-bond acceptors (Lipinski definition) is 5. The van der Waals surface area contributed by atoms with Gasteiger partial charge in [0.05, 0.1) is 13.2 Å². The normalized spacial score (nSPS) is 17.3. The number of aromatic nitrogens is 2. The molecule has 1 fully saturated rings. The summed E-state index contributed by atoms with van der Waals surface area (Å²) in [5.41, 5.74) is 3.50. The number of nitrogens with zero attached hydrogens (tertiary/aromatic N) is 3. The summed E-state index contributed by atoms with van der Waals surface area (Å²) in [5, 5.41) is 4.20. The van der Waals surface area contributed by atoms with Gasteiger partial charge in [-0.2, -0.15) is 4.98 Å². The van der Waals surface area contributed by atoms with E-state index in [0.717, 1.165) is 30.1 Å². The van der Waals surface area contributed by atoms with Crippen LogP contribution in [-0.2, 0) is 6.54 Å². The van der Waals surface area contributed by atoms with E-state index in [9.17, 15) is 0 Å². The van der Waals surface area contributed by atoms with Crippen LogP contribution < -0.4 is 4.74 Å². The molecule has 5 nitrogen and oxygen atoms in total. The van der Waals surface area contributed by atoms with Crippen LogP contribution in [0, 0.1) is 6.92 Å². The number of ether oxygens (including phenoxy) is 1. The van der Waals surface area contributed by atoms with E-state index in [0.29, 0.717) is 25.1 Å². The van der Waals surface area contributed by atoms with Crippen LogP contribution in [0.3, 0.4) is 0 Å². The van der Waals surface area contributed by atoms with Crippen molar-refractivity contribution in [3.05, 3.63) is 65.5 Å². The molecular weight excluding hydrogens is 338 g/mol. The lowest BCUT2D eigenvalue weighted by Gasteiger charge is -2.23. The Labute approximate surface area is 160 Å². The third kappa shape index (κ3) is 4.03. The van der Waals surface area contributed by atoms with Crippen molar-refractivity contribution in [3.63, 3.8) is 0 Å². The van der Waals surface area contributed by atoms with Gasteiger partial charge in [0, 0.05) is 11.6 Å². The van der Waals surface area contributed by atoms with Crippen molar-refractivity contribution in [3.8, 4) is 17.2 Å². The van der Waals surface area contributed by atoms with E-state index >= 15 is 0 Å². The maximum absolute atomic E-state index is 5.55. The molecule has 0 spiro atoms. The Balaban J connectivity index is 1.46. The standard InChI is InChI=1S/C22H25N3O2/c1-3-26-19-12-10-17(11-13-19)20-5-4-14-25(20)15-21-23-22(27-24-21)18-8-6-16(2)7-9-18/h6-13,20H,3-5,14-15H2,1-2H3/t20-/m0/s1. The Bertz CT molecular complexity index is 871. The summed E-state index contributed by atoms with van der Waals surface area (Å²) in [5.74, 6) is 2.25. The highest BCUT2D eigenvalue weighted by molar-refractivity contribution is 5.53. The molecule has 0 radical (unpaired) electrons. The molecule has 0 bridgehead atoms. The fourth-order valence-electron chi connectivity index (χ4n) is 3.66. The minimum absolute atomic E-state index is 0.391. The molecule has 0 unspecified atom stereocenters. The van der Waals surface area contributed by atoms with E-state index in [4.69, 9.17) is 9.26 Å². The van der Waals surface area contributed by atoms with Crippen molar-refractivity contribution < 1.29 is 9.26 Å². The van der Waals surface area contributed by atoms with Gasteiger partial charge in [0.25, 0.3) is 5.89 Å². The minimum Gasteiger partial charge on any atom is -0.494 e. The topological polar surface area (TPSA) is 51.4 Å². The van der Waals surface area contributed by atoms with Gasteiger partial charge in [0.1, 0.15) is 5.75 Å². The summed E-state index contributed by atoms with van der Waals surface area (Å²) in [6.45, 7) is 6.51. The maximum Gasteiger partial charge on any atom is 0.257 e. The van der Waals surface area contributed by atoms with Crippen LogP contribution in [0.2, 0.25) is 0 Å². The highest BCUT2D eigenvalue weighted by Crippen LogP contribution is 2.33. The second-order valence-electron chi connectivity index (χ2n) is 7.01. The zero-order valence-electron chi connectivity index (χ0n) is 15.9. The van der Waals surface area contributed by atoms with Crippen LogP contribution in [0.1, 0.15) is 42.8 Å². The average Bonchev–Trinajstić information content (AvgIpc) is 3.34. The van der Waals surface area contributed by atoms with E-state index in [-0.39, 0.29) is 0 Å². The lowest BCUT2D eigenvalue weighted by atomic mass is 10.0. The molecule has 0 N–H and O–H groups in total. The van der Waals surface area contributed by atoms with Gasteiger partial charge in [-0.25, -0.2) is 0 Å². The highest BCUT2D eigenvalue weighted by Gasteiger charge is 2.27. The second-order valence-corrected chi connectivity index (χ2v) is 7.01. The van der Waals surface area contributed by atoms with Gasteiger partial charge in [0.2, 0.25) is 0 Å². The predicted octanol–water partition coefficient (Wildman–Crippen LogP) is 4.78. The summed E-state index contributed by atoms with van der Waals surface area (Å²) >= 11 is 0. The molecule has 0 saturated carbocycles. The first-order valence-corrected chi connectivity index (χ1v) is 9.59. The Morgan fingerprint density at radius 2 is 1.89 bits per heavy atom. The van der Waals surface area contributed by atoms with Crippen LogP contribution in [0.15, 0.2) is 53.1 Å². The SMILES string of the molecule is CCOc1ccc([C@@H]2CCCN2Cc2noc(-c3ccc(C)cc3)n2)cc1. The summed E-state index contributed by atoms with van der Waals surface area (Å²) in [4.78, 5) is 7.03. The van der Waals surface area contributed by atoms with E-state index < -0.39 is 0 Å². The number of rotatable bonds is 6. The smallest absolute Gasteiger partial charge is 0.257 e. The molecule has 0 amide bonds. The van der Waals surface area contributed by atoms with E-state index in [1.807, 2.05) is 19.1 Å². The number of aryl methyl sites for hydroxylation is 1. The van der Waals surface area contributed by atoms with Crippen LogP contribution in [-0.4, -0.2) is 28.2 Å². The van der Waals surface area contributed by atoms with Crippen molar-refractivity contribution in [1.82, 2.24) is 15.0 Å². The van der Waals surface area contributed by atoms with Gasteiger partial charge < -0.3 is 9.26 Å². The molecule has 5 heteroatoms. The van der Waals surface area contributed by atoms with Crippen molar-refractivity contribution >= 4 is 0 Å². The molecule has 1 aliphatic heterocycles. The summed E-state index contributed by atoms with van der Waals surface area (Å²) in [7, 11) is 0. The van der Waals surface area contributed by atoms with Gasteiger partial charge in [-0.05, 0) is 63.1 Å². The van der Waals surface area contributed by atoms with Crippen LogP contribution in [0.25, 0.3) is 11.5 Å². The van der Waals surface area contributed by atoms with Crippen LogP contribution in [0.4, 0.5) is 0 Å². The third-order valence-corrected chi connectivity index (χ3v) is 5.05. The predicted molar refractivity (Wildman–Crippen MR) is 104 cm³/mol. The first kappa shape index (κ1) is 17.7. The van der Waals surface area contributed by atoms with Crippen molar-refractivity contribution in [2.75, 3.05) is 13.2 Å². The fourth-order valence-corrected chi connectivity index (χ4v) is 3.66. The van der Waals surface area contributed by atoms with E-state index in [2.05, 4.69) is 58.4 Å². The first-order valence-electron chi connectivity index (χ1n) is 9.59. The number of benzene rings is 2. The Morgan fingerprint density at radius 1 is 1.11 bits per heavy atom. The Kier molecular flexibility index (Phi) is 5.21. The largest absolute Gasteiger partial charge is 0.494 e. The lowest BCUT2D eigenvalue weighted by Crippen LogP contribution is -2.23. The number of hydrogen-bond donors (Lipinski definition) is 0. The van der Waals surface area contributed by atoms with Crippen molar-refractivity contribution in [2.45, 2.75) is 39.3 Å². The minimum atomic E-state index is 0.391. The molecule has 140 valence electrons. The zero-order valence-corrected chi connectivity index (χ0v) is 15.9. The average molecular weight is 363 g/mol. The third-order valence-electron chi connectivity index (χ3n) is 5.05. The van der Waals surface area contributed by atoms with Crippen LogP contribution >= 0.6 is 0 Å². The van der Waals surface area contributed by atoms with Crippen molar-refractivity contribution in [1.29, 1.82) is 0 Å². The molecule has 2 aromatic carbocycles. The second kappa shape index (κ2) is 7.92. The quantitative estimate of drug-likeness (QED) is 0.631. The molecule has 27 heavy (non-hydrogen) atoms. The Hall–Kier alpha value is -2.66. The zero-order chi connectivity index (χ0) is 18.6. The fraction of sp³-hybridized carbons (Fsp3) is 0.364. The van der Waals surface area contributed by atoms with Gasteiger partial charge >= 0.3 is 0 Å². The summed E-state index contributed by atoms with van der Waals surface area (Å²) in [6.07, 6.45) is 2.33.